The number of benzene rings is 1. The lowest BCUT2D eigenvalue weighted by Gasteiger charge is -2.25. The van der Waals surface area contributed by atoms with E-state index in [4.69, 9.17) is 14.2 Å². The summed E-state index contributed by atoms with van der Waals surface area (Å²) in [4.78, 5) is 48.6. The number of carbonyl (C=O) groups excluding carboxylic acids is 4. The van der Waals surface area contributed by atoms with Crippen LogP contribution in [0.15, 0.2) is 30.3 Å². The molecule has 0 saturated heterocycles. The summed E-state index contributed by atoms with van der Waals surface area (Å²) in [6.07, 6.45) is -0.115. The SMILES string of the molecule is CC(C)(C)OC(=O)CC[C@H](NC(=O)NCC(=O)OCc1ccccc1)C(=O)OC(C)(C)C. The predicted molar refractivity (Wildman–Crippen MR) is 117 cm³/mol. The first-order valence-electron chi connectivity index (χ1n) is 10.4. The van der Waals surface area contributed by atoms with Crippen molar-refractivity contribution in [3.63, 3.8) is 0 Å². The van der Waals surface area contributed by atoms with Gasteiger partial charge in [-0.25, -0.2) is 9.59 Å². The van der Waals surface area contributed by atoms with E-state index in [0.29, 0.717) is 0 Å². The summed E-state index contributed by atoms with van der Waals surface area (Å²) in [7, 11) is 0. The summed E-state index contributed by atoms with van der Waals surface area (Å²) < 4.78 is 15.6. The number of hydrogen-bond donors (Lipinski definition) is 2. The van der Waals surface area contributed by atoms with Crippen LogP contribution in [0, 0.1) is 0 Å². The monoisotopic (exact) mass is 450 g/mol. The molecule has 0 saturated carbocycles. The van der Waals surface area contributed by atoms with Gasteiger partial charge in [-0.1, -0.05) is 30.3 Å². The number of ether oxygens (including phenoxy) is 3. The first-order chi connectivity index (χ1) is 14.7. The van der Waals surface area contributed by atoms with Gasteiger partial charge < -0.3 is 24.8 Å². The van der Waals surface area contributed by atoms with Crippen molar-refractivity contribution in [1.29, 1.82) is 0 Å². The molecule has 0 aliphatic carbocycles. The minimum absolute atomic E-state index is 0.0182. The molecule has 2 N–H and O–H groups in total. The Hall–Kier alpha value is -3.10. The van der Waals surface area contributed by atoms with Gasteiger partial charge in [-0.2, -0.15) is 0 Å². The molecule has 0 radical (unpaired) electrons. The lowest BCUT2D eigenvalue weighted by atomic mass is 10.1. The maximum absolute atomic E-state index is 12.5. The van der Waals surface area contributed by atoms with Crippen molar-refractivity contribution in [2.45, 2.75) is 78.2 Å². The van der Waals surface area contributed by atoms with Gasteiger partial charge in [0.1, 0.15) is 30.4 Å². The van der Waals surface area contributed by atoms with Crippen LogP contribution in [0.5, 0.6) is 0 Å². The van der Waals surface area contributed by atoms with Crippen LogP contribution in [-0.2, 0) is 35.2 Å². The van der Waals surface area contributed by atoms with Crippen molar-refractivity contribution in [3.8, 4) is 0 Å². The van der Waals surface area contributed by atoms with Gasteiger partial charge in [0.15, 0.2) is 0 Å². The van der Waals surface area contributed by atoms with E-state index in [1.165, 1.54) is 0 Å². The van der Waals surface area contributed by atoms with Crippen molar-refractivity contribution < 1.29 is 33.4 Å². The number of nitrogens with one attached hydrogen (secondary N) is 2. The maximum atomic E-state index is 12.5. The van der Waals surface area contributed by atoms with E-state index in [-0.39, 0.29) is 26.0 Å². The summed E-state index contributed by atoms with van der Waals surface area (Å²) >= 11 is 0. The van der Waals surface area contributed by atoms with Crippen molar-refractivity contribution >= 4 is 23.9 Å². The second kappa shape index (κ2) is 12.1. The topological polar surface area (TPSA) is 120 Å². The summed E-state index contributed by atoms with van der Waals surface area (Å²) in [6, 6.07) is 7.25. The molecule has 0 aliphatic heterocycles. The van der Waals surface area contributed by atoms with Crippen LogP contribution in [-0.4, -0.2) is 47.7 Å². The van der Waals surface area contributed by atoms with Crippen LogP contribution >= 0.6 is 0 Å². The minimum Gasteiger partial charge on any atom is -0.460 e. The fourth-order valence-electron chi connectivity index (χ4n) is 2.43. The third-order valence-electron chi connectivity index (χ3n) is 3.69. The number of rotatable bonds is 9. The zero-order chi connectivity index (χ0) is 24.4. The average molecular weight is 451 g/mol. The van der Waals surface area contributed by atoms with E-state index in [2.05, 4.69) is 10.6 Å². The fourth-order valence-corrected chi connectivity index (χ4v) is 2.43. The van der Waals surface area contributed by atoms with E-state index >= 15 is 0 Å². The normalized spacial score (nSPS) is 12.3. The van der Waals surface area contributed by atoms with Gasteiger partial charge in [0, 0.05) is 6.42 Å². The van der Waals surface area contributed by atoms with E-state index in [1.54, 1.807) is 41.5 Å². The number of amides is 2. The predicted octanol–water partition coefficient (Wildman–Crippen LogP) is 2.86. The fraction of sp³-hybridized carbons (Fsp3) is 0.565. The molecule has 0 heterocycles. The second-order valence-electron chi connectivity index (χ2n) is 9.18. The van der Waals surface area contributed by atoms with Crippen molar-refractivity contribution in [1.82, 2.24) is 10.6 Å². The molecule has 0 aromatic heterocycles. The van der Waals surface area contributed by atoms with Crippen LogP contribution in [0.3, 0.4) is 0 Å². The molecule has 0 spiro atoms. The Morgan fingerprint density at radius 3 is 2.03 bits per heavy atom. The van der Waals surface area contributed by atoms with E-state index in [0.717, 1.165) is 5.56 Å². The summed E-state index contributed by atoms with van der Waals surface area (Å²) in [5.74, 6) is -1.83. The summed E-state index contributed by atoms with van der Waals surface area (Å²) in [6.45, 7) is 9.98. The molecule has 0 aliphatic rings. The molecule has 1 aromatic carbocycles. The van der Waals surface area contributed by atoms with Crippen LogP contribution in [0.25, 0.3) is 0 Å². The summed E-state index contributed by atoms with van der Waals surface area (Å²) in [5.41, 5.74) is -0.623. The highest BCUT2D eigenvalue weighted by molar-refractivity contribution is 5.86. The molecule has 1 atom stereocenters. The number of carbonyl (C=O) groups is 4. The Morgan fingerprint density at radius 1 is 0.875 bits per heavy atom. The molecule has 9 heteroatoms. The maximum Gasteiger partial charge on any atom is 0.329 e. The van der Waals surface area contributed by atoms with Gasteiger partial charge in [-0.3, -0.25) is 9.59 Å². The molecule has 0 unspecified atom stereocenters. The number of hydrogen-bond acceptors (Lipinski definition) is 7. The van der Waals surface area contributed by atoms with E-state index in [1.807, 2.05) is 30.3 Å². The third kappa shape index (κ3) is 12.6. The van der Waals surface area contributed by atoms with E-state index < -0.39 is 41.2 Å². The number of esters is 3. The molecule has 2 amide bonds. The standard InChI is InChI=1S/C23H34N2O7/c1-22(2,3)31-18(26)13-12-17(20(28)32-23(4,5)6)25-21(29)24-14-19(27)30-15-16-10-8-7-9-11-16/h7-11,17H,12-15H2,1-6H3,(H2,24,25,29)/t17-/m0/s1. The summed E-state index contributed by atoms with van der Waals surface area (Å²) in [5, 5.41) is 4.79. The molecule has 0 fully saturated rings. The van der Waals surface area contributed by atoms with Crippen LogP contribution < -0.4 is 10.6 Å². The molecule has 0 bridgehead atoms. The van der Waals surface area contributed by atoms with E-state index in [9.17, 15) is 19.2 Å². The zero-order valence-corrected chi connectivity index (χ0v) is 19.7. The first kappa shape index (κ1) is 26.9. The highest BCUT2D eigenvalue weighted by atomic mass is 16.6. The Balaban J connectivity index is 2.58. The molecular formula is C23H34N2O7. The van der Waals surface area contributed by atoms with Gasteiger partial charge in [-0.15, -0.1) is 0 Å². The molecule has 1 aromatic rings. The lowest BCUT2D eigenvalue weighted by Crippen LogP contribution is -2.49. The molecule has 1 rings (SSSR count). The number of urea groups is 1. The Labute approximate surface area is 189 Å². The third-order valence-corrected chi connectivity index (χ3v) is 3.69. The zero-order valence-electron chi connectivity index (χ0n) is 19.7. The minimum atomic E-state index is -1.10. The van der Waals surface area contributed by atoms with Crippen LogP contribution in [0.1, 0.15) is 59.9 Å². The highest BCUT2D eigenvalue weighted by Crippen LogP contribution is 2.13. The molecule has 32 heavy (non-hydrogen) atoms. The lowest BCUT2D eigenvalue weighted by molar-refractivity contribution is -0.158. The molecule has 178 valence electrons. The van der Waals surface area contributed by atoms with Gasteiger partial charge in [0.2, 0.25) is 0 Å². The van der Waals surface area contributed by atoms with Crippen LogP contribution in [0.4, 0.5) is 4.79 Å². The Bertz CT molecular complexity index is 780. The smallest absolute Gasteiger partial charge is 0.329 e. The van der Waals surface area contributed by atoms with Crippen molar-refractivity contribution in [2.24, 2.45) is 0 Å². The van der Waals surface area contributed by atoms with Crippen LogP contribution in [0.2, 0.25) is 0 Å². The molecule has 9 nitrogen and oxygen atoms in total. The second-order valence-corrected chi connectivity index (χ2v) is 9.18. The molecular weight excluding hydrogens is 416 g/mol. The van der Waals surface area contributed by atoms with Gasteiger partial charge >= 0.3 is 23.9 Å². The highest BCUT2D eigenvalue weighted by Gasteiger charge is 2.28. The first-order valence-corrected chi connectivity index (χ1v) is 10.4. The van der Waals surface area contributed by atoms with Gasteiger partial charge in [-0.05, 0) is 53.5 Å². The average Bonchev–Trinajstić information content (AvgIpc) is 2.66. The Morgan fingerprint density at radius 2 is 1.47 bits per heavy atom. The quantitative estimate of drug-likeness (QED) is 0.438. The van der Waals surface area contributed by atoms with Gasteiger partial charge in [0.05, 0.1) is 0 Å². The Kier molecular flexibility index (Phi) is 10.2. The van der Waals surface area contributed by atoms with Crippen molar-refractivity contribution in [3.05, 3.63) is 35.9 Å². The van der Waals surface area contributed by atoms with Gasteiger partial charge in [0.25, 0.3) is 0 Å². The largest absolute Gasteiger partial charge is 0.460 e. The van der Waals surface area contributed by atoms with Crippen molar-refractivity contribution in [2.75, 3.05) is 6.54 Å².